The standard InChI is InChI=1S/C13H22BrN3OS/c1-3-18-7-5-4-6-16-13(15-2)17-9-12-8-11(14)10-19-12/h8,10H,3-7,9H2,1-2H3,(H2,15,16,17). The summed E-state index contributed by atoms with van der Waals surface area (Å²) >= 11 is 5.18. The van der Waals surface area contributed by atoms with Crippen LogP contribution in [-0.4, -0.2) is 32.8 Å². The Hall–Kier alpha value is -0.590. The zero-order valence-electron chi connectivity index (χ0n) is 11.5. The Kier molecular flexibility index (Phi) is 8.86. The van der Waals surface area contributed by atoms with Crippen molar-refractivity contribution in [2.75, 3.05) is 26.8 Å². The van der Waals surface area contributed by atoms with Crippen molar-refractivity contribution >= 4 is 33.2 Å². The van der Waals surface area contributed by atoms with E-state index in [4.69, 9.17) is 4.74 Å². The highest BCUT2D eigenvalue weighted by molar-refractivity contribution is 9.10. The molecule has 0 bridgehead atoms. The molecule has 0 aromatic carbocycles. The molecule has 0 atom stereocenters. The predicted octanol–water partition coefficient (Wildman–Crippen LogP) is 2.99. The van der Waals surface area contributed by atoms with E-state index < -0.39 is 0 Å². The maximum Gasteiger partial charge on any atom is 0.191 e. The van der Waals surface area contributed by atoms with Gasteiger partial charge in [-0.25, -0.2) is 0 Å². The molecule has 1 rings (SSSR count). The van der Waals surface area contributed by atoms with Crippen molar-refractivity contribution < 1.29 is 4.74 Å². The lowest BCUT2D eigenvalue weighted by Crippen LogP contribution is -2.37. The van der Waals surface area contributed by atoms with E-state index in [1.165, 1.54) is 4.88 Å². The second-order valence-corrected chi connectivity index (χ2v) is 5.90. The number of thiophene rings is 1. The van der Waals surface area contributed by atoms with E-state index in [0.29, 0.717) is 0 Å². The Morgan fingerprint density at radius 3 is 2.89 bits per heavy atom. The summed E-state index contributed by atoms with van der Waals surface area (Å²) in [6, 6.07) is 2.12. The van der Waals surface area contributed by atoms with Gasteiger partial charge in [0, 0.05) is 41.5 Å². The number of hydrogen-bond acceptors (Lipinski definition) is 3. The van der Waals surface area contributed by atoms with Crippen LogP contribution in [0.3, 0.4) is 0 Å². The molecule has 108 valence electrons. The third-order valence-corrected chi connectivity index (χ3v) is 4.19. The lowest BCUT2D eigenvalue weighted by atomic mass is 10.3. The van der Waals surface area contributed by atoms with Crippen molar-refractivity contribution in [3.63, 3.8) is 0 Å². The molecule has 1 aromatic heterocycles. The minimum absolute atomic E-state index is 0.799. The number of aliphatic imine (C=N–C) groups is 1. The van der Waals surface area contributed by atoms with Crippen LogP contribution in [0.4, 0.5) is 0 Å². The van der Waals surface area contributed by atoms with Crippen molar-refractivity contribution in [1.82, 2.24) is 10.6 Å². The molecule has 0 saturated carbocycles. The minimum Gasteiger partial charge on any atom is -0.382 e. The number of halogens is 1. The van der Waals surface area contributed by atoms with E-state index in [-0.39, 0.29) is 0 Å². The summed E-state index contributed by atoms with van der Waals surface area (Å²) < 4.78 is 6.43. The fourth-order valence-corrected chi connectivity index (χ4v) is 2.91. The van der Waals surface area contributed by atoms with Crippen LogP contribution in [0, 0.1) is 0 Å². The highest BCUT2D eigenvalue weighted by atomic mass is 79.9. The minimum atomic E-state index is 0.799. The third-order valence-electron chi connectivity index (χ3n) is 2.49. The van der Waals surface area contributed by atoms with E-state index in [2.05, 4.69) is 43.0 Å². The molecule has 0 radical (unpaired) electrons. The molecule has 1 heterocycles. The molecule has 0 spiro atoms. The van der Waals surface area contributed by atoms with E-state index in [1.807, 2.05) is 6.92 Å². The molecule has 0 aliphatic carbocycles. The van der Waals surface area contributed by atoms with Crippen LogP contribution in [0.5, 0.6) is 0 Å². The first-order valence-electron chi connectivity index (χ1n) is 6.51. The average Bonchev–Trinajstić information content (AvgIpc) is 2.83. The summed E-state index contributed by atoms with van der Waals surface area (Å²) in [5.41, 5.74) is 0. The normalized spacial score (nSPS) is 11.6. The Bertz CT molecular complexity index is 382. The lowest BCUT2D eigenvalue weighted by Gasteiger charge is -2.11. The number of nitrogens with one attached hydrogen (secondary N) is 2. The fraction of sp³-hybridized carbons (Fsp3) is 0.615. The van der Waals surface area contributed by atoms with E-state index in [9.17, 15) is 0 Å². The van der Waals surface area contributed by atoms with Crippen LogP contribution in [0.25, 0.3) is 0 Å². The largest absolute Gasteiger partial charge is 0.382 e. The van der Waals surface area contributed by atoms with Gasteiger partial charge in [-0.2, -0.15) is 0 Å². The van der Waals surface area contributed by atoms with Gasteiger partial charge in [0.05, 0.1) is 6.54 Å². The molecule has 2 N–H and O–H groups in total. The Labute approximate surface area is 127 Å². The monoisotopic (exact) mass is 347 g/mol. The van der Waals surface area contributed by atoms with Crippen molar-refractivity contribution in [3.05, 3.63) is 20.8 Å². The van der Waals surface area contributed by atoms with Crippen LogP contribution in [0.1, 0.15) is 24.6 Å². The number of rotatable bonds is 8. The Morgan fingerprint density at radius 1 is 1.42 bits per heavy atom. The lowest BCUT2D eigenvalue weighted by molar-refractivity contribution is 0.143. The van der Waals surface area contributed by atoms with Gasteiger partial charge < -0.3 is 15.4 Å². The number of ether oxygens (including phenoxy) is 1. The predicted molar refractivity (Wildman–Crippen MR) is 85.9 cm³/mol. The molecule has 1 aromatic rings. The van der Waals surface area contributed by atoms with E-state index in [0.717, 1.165) is 49.6 Å². The van der Waals surface area contributed by atoms with Crippen LogP contribution < -0.4 is 10.6 Å². The maximum atomic E-state index is 5.30. The SMILES string of the molecule is CCOCCCCNC(=NC)NCc1cc(Br)cs1. The topological polar surface area (TPSA) is 45.6 Å². The summed E-state index contributed by atoms with van der Waals surface area (Å²) in [5.74, 6) is 0.848. The highest BCUT2D eigenvalue weighted by Crippen LogP contribution is 2.19. The van der Waals surface area contributed by atoms with Crippen molar-refractivity contribution in [1.29, 1.82) is 0 Å². The maximum absolute atomic E-state index is 5.30. The first kappa shape index (κ1) is 16.5. The summed E-state index contributed by atoms with van der Waals surface area (Å²) in [7, 11) is 1.79. The second-order valence-electron chi connectivity index (χ2n) is 3.99. The quantitative estimate of drug-likeness (QED) is 0.431. The zero-order valence-corrected chi connectivity index (χ0v) is 13.9. The zero-order chi connectivity index (χ0) is 13.9. The van der Waals surface area contributed by atoms with Gasteiger partial charge >= 0.3 is 0 Å². The first-order chi connectivity index (χ1) is 9.26. The van der Waals surface area contributed by atoms with Gasteiger partial charge in [-0.05, 0) is 41.8 Å². The third kappa shape index (κ3) is 7.54. The van der Waals surface area contributed by atoms with Gasteiger partial charge in [0.15, 0.2) is 5.96 Å². The fourth-order valence-electron chi connectivity index (χ4n) is 1.52. The molecule has 19 heavy (non-hydrogen) atoms. The van der Waals surface area contributed by atoms with Gasteiger partial charge in [0.2, 0.25) is 0 Å². The Morgan fingerprint density at radius 2 is 2.26 bits per heavy atom. The van der Waals surface area contributed by atoms with Crippen LogP contribution in [0.2, 0.25) is 0 Å². The van der Waals surface area contributed by atoms with Crippen molar-refractivity contribution in [2.24, 2.45) is 4.99 Å². The molecule has 6 heteroatoms. The summed E-state index contributed by atoms with van der Waals surface area (Å²) in [5, 5.41) is 8.68. The van der Waals surface area contributed by atoms with Gasteiger partial charge in [0.25, 0.3) is 0 Å². The molecule has 0 aliphatic rings. The highest BCUT2D eigenvalue weighted by Gasteiger charge is 2.00. The summed E-state index contributed by atoms with van der Waals surface area (Å²) in [4.78, 5) is 5.48. The Balaban J connectivity index is 2.12. The van der Waals surface area contributed by atoms with E-state index >= 15 is 0 Å². The van der Waals surface area contributed by atoms with Crippen LogP contribution >= 0.6 is 27.3 Å². The number of unbranched alkanes of at least 4 members (excludes halogenated alkanes) is 1. The molecule has 0 fully saturated rings. The number of nitrogens with zero attached hydrogens (tertiary/aromatic N) is 1. The van der Waals surface area contributed by atoms with Crippen LogP contribution in [-0.2, 0) is 11.3 Å². The average molecular weight is 348 g/mol. The molecule has 4 nitrogen and oxygen atoms in total. The second kappa shape index (κ2) is 10.2. The number of hydrogen-bond donors (Lipinski definition) is 2. The van der Waals surface area contributed by atoms with Crippen molar-refractivity contribution in [2.45, 2.75) is 26.3 Å². The smallest absolute Gasteiger partial charge is 0.191 e. The van der Waals surface area contributed by atoms with Gasteiger partial charge in [-0.1, -0.05) is 0 Å². The van der Waals surface area contributed by atoms with Gasteiger partial charge in [0.1, 0.15) is 0 Å². The van der Waals surface area contributed by atoms with Gasteiger partial charge in [-0.3, -0.25) is 4.99 Å². The van der Waals surface area contributed by atoms with Crippen molar-refractivity contribution in [3.8, 4) is 0 Å². The molecule has 0 amide bonds. The van der Waals surface area contributed by atoms with E-state index in [1.54, 1.807) is 18.4 Å². The molecule has 0 aliphatic heterocycles. The molecule has 0 unspecified atom stereocenters. The molecule has 0 saturated heterocycles. The van der Waals surface area contributed by atoms with Gasteiger partial charge in [-0.15, -0.1) is 11.3 Å². The summed E-state index contributed by atoms with van der Waals surface area (Å²) in [6.45, 7) is 5.38. The molecular weight excluding hydrogens is 326 g/mol. The number of guanidine groups is 1. The summed E-state index contributed by atoms with van der Waals surface area (Å²) in [6.07, 6.45) is 2.17. The van der Waals surface area contributed by atoms with Crippen LogP contribution in [0.15, 0.2) is 20.9 Å². The first-order valence-corrected chi connectivity index (χ1v) is 8.18. The molecular formula is C13H22BrN3OS.